The van der Waals surface area contributed by atoms with Crippen molar-refractivity contribution >= 4 is 23.5 Å². The summed E-state index contributed by atoms with van der Waals surface area (Å²) in [6, 6.07) is 8.40. The van der Waals surface area contributed by atoms with Gasteiger partial charge in [-0.25, -0.2) is 17.6 Å². The third kappa shape index (κ3) is 7.62. The summed E-state index contributed by atoms with van der Waals surface area (Å²) in [6.45, 7) is 0.729. The minimum Gasteiger partial charge on any atom is -0.367 e. The second-order valence-electron chi connectivity index (χ2n) is 9.82. The van der Waals surface area contributed by atoms with Gasteiger partial charge in [-0.3, -0.25) is 9.52 Å². The van der Waals surface area contributed by atoms with Gasteiger partial charge in [-0.15, -0.1) is 0 Å². The molecule has 1 aliphatic carbocycles. The lowest BCUT2D eigenvalue weighted by Crippen LogP contribution is -2.42. The zero-order valence-corrected chi connectivity index (χ0v) is 21.9. The molecule has 3 rings (SSSR count). The molecule has 36 heavy (non-hydrogen) atoms. The molecule has 0 spiro atoms. The fraction of sp³-hybridized carbons (Fsp3) is 0.519. The molecule has 0 aliphatic heterocycles. The minimum atomic E-state index is -1.92. The molecule has 0 unspecified atom stereocenters. The second kappa shape index (κ2) is 12.8. The van der Waals surface area contributed by atoms with Crippen LogP contribution in [-0.2, 0) is 11.2 Å². The maximum absolute atomic E-state index is 15.1. The standard InChI is InChI=1S/C27H35F4N3OS/c1-33(2)16-13-21(12-9-19-7-10-20(28)11-8-19)34(3)25-23(29)17-22(18-24(25)30)36-32-26(35)27(31)14-5-4-6-15-27/h7-8,10-11,17-18,21H,4-6,9,12-16H2,1-3H3,(H,32,35)/t21-/m0/s1. The van der Waals surface area contributed by atoms with Gasteiger partial charge in [-0.2, -0.15) is 0 Å². The molecule has 2 aromatic carbocycles. The lowest BCUT2D eigenvalue weighted by Gasteiger charge is -2.32. The van der Waals surface area contributed by atoms with Crippen LogP contribution in [-0.4, -0.2) is 50.2 Å². The summed E-state index contributed by atoms with van der Waals surface area (Å²) in [7, 11) is 5.54. The van der Waals surface area contributed by atoms with Crippen LogP contribution in [0.5, 0.6) is 0 Å². The third-order valence-corrected chi connectivity index (χ3v) is 7.55. The fourth-order valence-electron chi connectivity index (χ4n) is 4.58. The predicted octanol–water partition coefficient (Wildman–Crippen LogP) is 6.29. The Hall–Kier alpha value is -2.26. The van der Waals surface area contributed by atoms with E-state index >= 15 is 8.78 Å². The number of hydrogen-bond donors (Lipinski definition) is 1. The highest BCUT2D eigenvalue weighted by Gasteiger charge is 2.39. The Morgan fingerprint density at radius 1 is 1.00 bits per heavy atom. The van der Waals surface area contributed by atoms with Crippen molar-refractivity contribution in [3.05, 3.63) is 59.4 Å². The van der Waals surface area contributed by atoms with Crippen LogP contribution in [0.15, 0.2) is 41.3 Å². The molecule has 2 aromatic rings. The van der Waals surface area contributed by atoms with Crippen LogP contribution in [0.3, 0.4) is 0 Å². The van der Waals surface area contributed by atoms with E-state index in [1.165, 1.54) is 12.1 Å². The van der Waals surface area contributed by atoms with E-state index in [2.05, 4.69) is 4.72 Å². The van der Waals surface area contributed by atoms with Crippen molar-refractivity contribution in [2.75, 3.05) is 32.6 Å². The molecule has 1 fully saturated rings. The summed E-state index contributed by atoms with van der Waals surface area (Å²) in [4.78, 5) is 16.1. The number of halogens is 4. The largest absolute Gasteiger partial charge is 0.367 e. The van der Waals surface area contributed by atoms with Crippen LogP contribution in [0.1, 0.15) is 50.5 Å². The number of aryl methyl sites for hydroxylation is 1. The Bertz CT molecular complexity index is 990. The van der Waals surface area contributed by atoms with Crippen molar-refractivity contribution in [3.8, 4) is 0 Å². The summed E-state index contributed by atoms with van der Waals surface area (Å²) in [5, 5.41) is 0. The maximum atomic E-state index is 15.1. The topological polar surface area (TPSA) is 35.6 Å². The van der Waals surface area contributed by atoms with Crippen LogP contribution in [0.4, 0.5) is 23.2 Å². The molecule has 1 N–H and O–H groups in total. The van der Waals surface area contributed by atoms with Crippen LogP contribution in [0.2, 0.25) is 0 Å². The number of carbonyl (C=O) groups excluding carboxylic acids is 1. The first-order valence-corrected chi connectivity index (χ1v) is 13.2. The van der Waals surface area contributed by atoms with Crippen LogP contribution >= 0.6 is 11.9 Å². The van der Waals surface area contributed by atoms with Crippen molar-refractivity contribution in [3.63, 3.8) is 0 Å². The number of anilines is 1. The molecular formula is C27H35F4N3OS. The first-order chi connectivity index (χ1) is 17.1. The molecule has 0 saturated heterocycles. The lowest BCUT2D eigenvalue weighted by molar-refractivity contribution is -0.132. The fourth-order valence-corrected chi connectivity index (χ4v) is 5.30. The molecule has 1 aliphatic rings. The van der Waals surface area contributed by atoms with Crippen molar-refractivity contribution in [1.29, 1.82) is 0 Å². The molecule has 1 atom stereocenters. The Kier molecular flexibility index (Phi) is 10.1. The van der Waals surface area contributed by atoms with E-state index in [-0.39, 0.29) is 35.3 Å². The van der Waals surface area contributed by atoms with Gasteiger partial charge in [-0.1, -0.05) is 18.6 Å². The van der Waals surface area contributed by atoms with Crippen molar-refractivity contribution in [1.82, 2.24) is 9.62 Å². The smallest absolute Gasteiger partial charge is 0.267 e. The average Bonchev–Trinajstić information content (AvgIpc) is 2.83. The van der Waals surface area contributed by atoms with Crippen molar-refractivity contribution in [2.24, 2.45) is 0 Å². The predicted molar refractivity (Wildman–Crippen MR) is 137 cm³/mol. The van der Waals surface area contributed by atoms with Gasteiger partial charge in [-0.05, 0) is 107 Å². The van der Waals surface area contributed by atoms with Gasteiger partial charge in [0.25, 0.3) is 5.91 Å². The van der Waals surface area contributed by atoms with Crippen molar-refractivity contribution < 1.29 is 22.4 Å². The molecule has 9 heteroatoms. The van der Waals surface area contributed by atoms with Crippen molar-refractivity contribution in [2.45, 2.75) is 68.0 Å². The van der Waals surface area contributed by atoms with E-state index in [1.807, 2.05) is 19.0 Å². The summed E-state index contributed by atoms with van der Waals surface area (Å²) in [5.74, 6) is -2.56. The number of hydrogen-bond acceptors (Lipinski definition) is 4. The maximum Gasteiger partial charge on any atom is 0.267 e. The van der Waals surface area contributed by atoms with E-state index in [4.69, 9.17) is 0 Å². The Morgan fingerprint density at radius 3 is 2.19 bits per heavy atom. The highest BCUT2D eigenvalue weighted by atomic mass is 32.2. The number of carbonyl (C=O) groups is 1. The average molecular weight is 526 g/mol. The van der Waals surface area contributed by atoms with E-state index in [0.717, 1.165) is 42.6 Å². The van der Waals surface area contributed by atoms with Gasteiger partial charge in [0.2, 0.25) is 0 Å². The summed E-state index contributed by atoms with van der Waals surface area (Å²) >= 11 is 0.725. The Morgan fingerprint density at radius 2 is 1.61 bits per heavy atom. The molecule has 1 amide bonds. The van der Waals surface area contributed by atoms with Gasteiger partial charge >= 0.3 is 0 Å². The first kappa shape index (κ1) is 28.3. The molecule has 4 nitrogen and oxygen atoms in total. The monoisotopic (exact) mass is 525 g/mol. The van der Waals surface area contributed by atoms with E-state index in [1.54, 1.807) is 24.1 Å². The van der Waals surface area contributed by atoms with Crippen LogP contribution < -0.4 is 9.62 Å². The SMILES string of the molecule is CN(C)CC[C@H](CCc1ccc(F)cc1)N(C)c1c(F)cc(SNC(=O)C2(F)CCCCC2)cc1F. The summed E-state index contributed by atoms with van der Waals surface area (Å²) < 4.78 is 60.8. The molecule has 0 heterocycles. The molecule has 0 bridgehead atoms. The van der Waals surface area contributed by atoms with E-state index in [0.29, 0.717) is 32.1 Å². The van der Waals surface area contributed by atoms with Crippen LogP contribution in [0.25, 0.3) is 0 Å². The highest BCUT2D eigenvalue weighted by molar-refractivity contribution is 7.98. The highest BCUT2D eigenvalue weighted by Crippen LogP contribution is 2.34. The number of alkyl halides is 1. The molecule has 198 valence electrons. The third-order valence-electron chi connectivity index (χ3n) is 6.79. The second-order valence-corrected chi connectivity index (χ2v) is 10.7. The van der Waals surface area contributed by atoms with Gasteiger partial charge in [0, 0.05) is 18.0 Å². The normalized spacial score (nSPS) is 16.1. The van der Waals surface area contributed by atoms with E-state index in [9.17, 15) is 13.6 Å². The molecular weight excluding hydrogens is 490 g/mol. The van der Waals surface area contributed by atoms with Gasteiger partial charge in [0.05, 0.1) is 0 Å². The minimum absolute atomic E-state index is 0.150. The lowest BCUT2D eigenvalue weighted by atomic mass is 9.86. The number of amides is 1. The zero-order chi connectivity index (χ0) is 26.3. The molecule has 1 saturated carbocycles. The summed E-state index contributed by atoms with van der Waals surface area (Å²) in [5.41, 5.74) is -1.12. The molecule has 0 radical (unpaired) electrons. The van der Waals surface area contributed by atoms with Crippen LogP contribution in [0, 0.1) is 17.5 Å². The van der Waals surface area contributed by atoms with Gasteiger partial charge in [0.15, 0.2) is 17.3 Å². The Labute approximate surface area is 215 Å². The zero-order valence-electron chi connectivity index (χ0n) is 21.1. The number of nitrogens with one attached hydrogen (secondary N) is 1. The first-order valence-electron chi connectivity index (χ1n) is 12.4. The Balaban J connectivity index is 1.70. The van der Waals surface area contributed by atoms with Gasteiger partial charge in [0.1, 0.15) is 11.5 Å². The number of benzene rings is 2. The molecule has 0 aromatic heterocycles. The van der Waals surface area contributed by atoms with E-state index < -0.39 is 23.2 Å². The number of nitrogens with zero attached hydrogens (tertiary/aromatic N) is 2. The van der Waals surface area contributed by atoms with Gasteiger partial charge < -0.3 is 9.80 Å². The quantitative estimate of drug-likeness (QED) is 0.276. The number of rotatable bonds is 11. The summed E-state index contributed by atoms with van der Waals surface area (Å²) in [6.07, 6.45) is 4.46.